The minimum Gasteiger partial charge on any atom is -0.274 e. The lowest BCUT2D eigenvalue weighted by molar-refractivity contribution is -0.137. The second-order valence-electron chi connectivity index (χ2n) is 7.24. The number of nitrogens with zero attached hydrogens (tertiary/aromatic N) is 1. The first-order chi connectivity index (χ1) is 10.9. The summed E-state index contributed by atoms with van der Waals surface area (Å²) in [5.74, 6) is 0.481. The number of hydrogen-bond donors (Lipinski definition) is 0. The summed E-state index contributed by atoms with van der Waals surface area (Å²) in [4.78, 5) is 26.5. The fraction of sp³-hybridized carbons (Fsp3) is 0.529. The Bertz CT molecular complexity index is 712. The lowest BCUT2D eigenvalue weighted by Crippen LogP contribution is -2.33. The van der Waals surface area contributed by atoms with E-state index in [1.165, 1.54) is 12.1 Å². The molecule has 6 heteroatoms. The Morgan fingerprint density at radius 2 is 1.48 bits per heavy atom. The fourth-order valence-corrected chi connectivity index (χ4v) is 5.40. The molecule has 6 atom stereocenters. The predicted molar refractivity (Wildman–Crippen MR) is 74.1 cm³/mol. The zero-order chi connectivity index (χ0) is 16.1. The highest BCUT2D eigenvalue weighted by Crippen LogP contribution is 2.71. The van der Waals surface area contributed by atoms with E-state index in [4.69, 9.17) is 0 Å². The Kier molecular flexibility index (Phi) is 2.34. The Labute approximate surface area is 130 Å². The van der Waals surface area contributed by atoms with Gasteiger partial charge in [0, 0.05) is 0 Å². The number of alkyl halides is 3. The van der Waals surface area contributed by atoms with Gasteiger partial charge in [-0.05, 0) is 54.7 Å². The first-order valence-corrected chi connectivity index (χ1v) is 7.93. The molecule has 0 spiro atoms. The summed E-state index contributed by atoms with van der Waals surface area (Å²) < 4.78 is 38.6. The zero-order valence-corrected chi connectivity index (χ0v) is 12.1. The SMILES string of the molecule is O=C1C2C3CC(C4CC43)C2C(=O)N1c1cccc(C(F)(F)F)c1. The molecule has 1 aromatic rings. The van der Waals surface area contributed by atoms with Crippen molar-refractivity contribution < 1.29 is 22.8 Å². The number of carbonyl (C=O) groups excluding carboxylic acids is 2. The van der Waals surface area contributed by atoms with E-state index in [1.807, 2.05) is 0 Å². The molecule has 120 valence electrons. The molecule has 3 saturated carbocycles. The maximum Gasteiger partial charge on any atom is 0.416 e. The van der Waals surface area contributed by atoms with Gasteiger partial charge in [0.15, 0.2) is 0 Å². The van der Waals surface area contributed by atoms with Gasteiger partial charge in [-0.15, -0.1) is 0 Å². The molecule has 4 fully saturated rings. The van der Waals surface area contributed by atoms with E-state index in [0.717, 1.165) is 29.9 Å². The van der Waals surface area contributed by atoms with Crippen LogP contribution in [0, 0.1) is 35.5 Å². The molecule has 23 heavy (non-hydrogen) atoms. The molecule has 6 unspecified atom stereocenters. The quantitative estimate of drug-likeness (QED) is 0.746. The van der Waals surface area contributed by atoms with Gasteiger partial charge in [-0.1, -0.05) is 6.07 Å². The number of fused-ring (bicyclic) bond motifs is 8. The van der Waals surface area contributed by atoms with Gasteiger partial charge in [-0.25, -0.2) is 0 Å². The highest BCUT2D eigenvalue weighted by molar-refractivity contribution is 6.22. The summed E-state index contributed by atoms with van der Waals surface area (Å²) in [6.45, 7) is 0. The van der Waals surface area contributed by atoms with Gasteiger partial charge in [-0.2, -0.15) is 13.2 Å². The van der Waals surface area contributed by atoms with E-state index in [1.54, 1.807) is 0 Å². The van der Waals surface area contributed by atoms with Crippen molar-refractivity contribution in [1.29, 1.82) is 0 Å². The van der Waals surface area contributed by atoms with Crippen molar-refractivity contribution in [2.75, 3.05) is 4.90 Å². The topological polar surface area (TPSA) is 37.4 Å². The number of anilines is 1. The predicted octanol–water partition coefficient (Wildman–Crippen LogP) is 3.10. The van der Waals surface area contributed by atoms with Crippen LogP contribution in [0.4, 0.5) is 18.9 Å². The maximum atomic E-state index is 12.9. The maximum absolute atomic E-state index is 12.9. The van der Waals surface area contributed by atoms with Gasteiger partial charge in [0.2, 0.25) is 11.8 Å². The lowest BCUT2D eigenvalue weighted by Gasteiger charge is -2.19. The van der Waals surface area contributed by atoms with Crippen LogP contribution in [0.15, 0.2) is 24.3 Å². The molecule has 0 N–H and O–H groups in total. The number of imide groups is 1. The second-order valence-corrected chi connectivity index (χ2v) is 7.24. The third kappa shape index (κ3) is 1.61. The molecule has 4 aliphatic rings. The van der Waals surface area contributed by atoms with Crippen molar-refractivity contribution >= 4 is 17.5 Å². The minimum atomic E-state index is -4.49. The third-order valence-electron chi connectivity index (χ3n) is 6.29. The van der Waals surface area contributed by atoms with Crippen molar-refractivity contribution in [3.05, 3.63) is 29.8 Å². The normalized spacial score (nSPS) is 40.6. The van der Waals surface area contributed by atoms with E-state index in [-0.39, 0.29) is 41.2 Å². The van der Waals surface area contributed by atoms with Gasteiger partial charge in [0.1, 0.15) is 0 Å². The van der Waals surface area contributed by atoms with Crippen LogP contribution in [0.3, 0.4) is 0 Å². The fourth-order valence-electron chi connectivity index (χ4n) is 5.40. The van der Waals surface area contributed by atoms with Crippen LogP contribution in [0.2, 0.25) is 0 Å². The van der Waals surface area contributed by atoms with E-state index < -0.39 is 11.7 Å². The van der Waals surface area contributed by atoms with Crippen molar-refractivity contribution in [1.82, 2.24) is 0 Å². The largest absolute Gasteiger partial charge is 0.416 e. The number of carbonyl (C=O) groups is 2. The Morgan fingerprint density at radius 1 is 0.913 bits per heavy atom. The van der Waals surface area contributed by atoms with Gasteiger partial charge < -0.3 is 0 Å². The molecule has 1 aromatic carbocycles. The smallest absolute Gasteiger partial charge is 0.274 e. The van der Waals surface area contributed by atoms with Crippen molar-refractivity contribution in [3.63, 3.8) is 0 Å². The van der Waals surface area contributed by atoms with Gasteiger partial charge >= 0.3 is 6.18 Å². The average molecular weight is 321 g/mol. The number of hydrogen-bond acceptors (Lipinski definition) is 2. The van der Waals surface area contributed by atoms with Crippen LogP contribution in [-0.4, -0.2) is 11.8 Å². The molecule has 3 aliphatic carbocycles. The van der Waals surface area contributed by atoms with E-state index in [2.05, 4.69) is 0 Å². The monoisotopic (exact) mass is 321 g/mol. The summed E-state index contributed by atoms with van der Waals surface area (Å²) in [5, 5.41) is 0. The average Bonchev–Trinajstić information content (AvgIpc) is 3.01. The summed E-state index contributed by atoms with van der Waals surface area (Å²) >= 11 is 0. The molecule has 2 amide bonds. The molecule has 3 nitrogen and oxygen atoms in total. The summed E-state index contributed by atoms with van der Waals surface area (Å²) in [5.41, 5.74) is -0.782. The summed E-state index contributed by atoms with van der Waals surface area (Å²) in [6, 6.07) is 4.52. The van der Waals surface area contributed by atoms with E-state index in [0.29, 0.717) is 11.8 Å². The standard InChI is InChI=1S/C17H14F3NO2/c18-17(19,20)7-2-1-3-8(4-7)21-15(22)13-11-6-12(10-5-9(10)11)14(13)16(21)23/h1-4,9-14H,5-6H2. The molecule has 5 rings (SSSR count). The van der Waals surface area contributed by atoms with Gasteiger partial charge in [0.25, 0.3) is 0 Å². The highest BCUT2D eigenvalue weighted by atomic mass is 19.4. The lowest BCUT2D eigenvalue weighted by atomic mass is 9.81. The molecule has 1 heterocycles. The van der Waals surface area contributed by atoms with Crippen LogP contribution < -0.4 is 4.90 Å². The number of rotatable bonds is 1. The van der Waals surface area contributed by atoms with Crippen molar-refractivity contribution in [2.24, 2.45) is 35.5 Å². The van der Waals surface area contributed by atoms with E-state index >= 15 is 0 Å². The molecule has 0 aromatic heterocycles. The Balaban J connectivity index is 1.53. The molecule has 1 saturated heterocycles. The third-order valence-corrected chi connectivity index (χ3v) is 6.29. The summed E-state index contributed by atoms with van der Waals surface area (Å²) in [6.07, 6.45) is -2.43. The molecule has 1 aliphatic heterocycles. The Morgan fingerprint density at radius 3 is 2.04 bits per heavy atom. The van der Waals surface area contributed by atoms with Crippen molar-refractivity contribution in [2.45, 2.75) is 19.0 Å². The molecule has 0 radical (unpaired) electrons. The number of benzene rings is 1. The molecular weight excluding hydrogens is 307 g/mol. The van der Waals surface area contributed by atoms with Gasteiger partial charge in [-0.3, -0.25) is 14.5 Å². The minimum absolute atomic E-state index is 0.0531. The number of halogens is 3. The highest BCUT2D eigenvalue weighted by Gasteiger charge is 2.72. The van der Waals surface area contributed by atoms with E-state index in [9.17, 15) is 22.8 Å². The summed E-state index contributed by atoms with van der Waals surface area (Å²) in [7, 11) is 0. The first-order valence-electron chi connectivity index (χ1n) is 7.93. The van der Waals surface area contributed by atoms with Crippen LogP contribution in [-0.2, 0) is 15.8 Å². The molecule has 2 bridgehead atoms. The Hall–Kier alpha value is -1.85. The first kappa shape index (κ1) is 13.6. The molecular formula is C17H14F3NO2. The number of amides is 2. The second kappa shape index (κ2) is 3.97. The van der Waals surface area contributed by atoms with Crippen molar-refractivity contribution in [3.8, 4) is 0 Å². The van der Waals surface area contributed by atoms with Gasteiger partial charge in [0.05, 0.1) is 23.1 Å². The van der Waals surface area contributed by atoms with Crippen LogP contribution in [0.1, 0.15) is 18.4 Å². The van der Waals surface area contributed by atoms with Crippen LogP contribution in [0.25, 0.3) is 0 Å². The van der Waals surface area contributed by atoms with Crippen LogP contribution >= 0.6 is 0 Å². The van der Waals surface area contributed by atoms with Crippen LogP contribution in [0.5, 0.6) is 0 Å². The zero-order valence-electron chi connectivity index (χ0n) is 12.1.